The molecule has 6 heteroatoms. The average molecular weight is 328 g/mol. The summed E-state index contributed by atoms with van der Waals surface area (Å²) in [6, 6.07) is 12.2. The number of rotatable bonds is 2. The SMILES string of the molecule is CC(C)(C)OC(=O)Nc1c(F)ccc2c(-c3ccccc3)noc12. The van der Waals surface area contributed by atoms with E-state index in [9.17, 15) is 9.18 Å². The monoisotopic (exact) mass is 328 g/mol. The van der Waals surface area contributed by atoms with E-state index in [1.807, 2.05) is 30.3 Å². The molecule has 3 aromatic rings. The molecule has 0 bridgehead atoms. The highest BCUT2D eigenvalue weighted by molar-refractivity contribution is 6.02. The second-order valence-corrected chi connectivity index (χ2v) is 6.32. The summed E-state index contributed by atoms with van der Waals surface area (Å²) in [4.78, 5) is 11.9. The van der Waals surface area contributed by atoms with Crippen LogP contribution in [0.15, 0.2) is 47.0 Å². The fourth-order valence-electron chi connectivity index (χ4n) is 2.31. The van der Waals surface area contributed by atoms with Crippen LogP contribution in [0.3, 0.4) is 0 Å². The highest BCUT2D eigenvalue weighted by Gasteiger charge is 2.22. The first-order valence-electron chi connectivity index (χ1n) is 7.48. The lowest BCUT2D eigenvalue weighted by Crippen LogP contribution is -2.27. The van der Waals surface area contributed by atoms with Crippen molar-refractivity contribution in [3.8, 4) is 11.3 Å². The lowest BCUT2D eigenvalue weighted by Gasteiger charge is -2.19. The summed E-state index contributed by atoms with van der Waals surface area (Å²) in [6.45, 7) is 5.18. The maximum Gasteiger partial charge on any atom is 0.412 e. The van der Waals surface area contributed by atoms with Gasteiger partial charge in [-0.2, -0.15) is 0 Å². The molecule has 2 aromatic carbocycles. The Bertz CT molecular complexity index is 882. The fraction of sp³-hybridized carbons (Fsp3) is 0.222. The number of carbonyl (C=O) groups is 1. The molecule has 0 saturated heterocycles. The van der Waals surface area contributed by atoms with Crippen LogP contribution in [0.2, 0.25) is 0 Å². The van der Waals surface area contributed by atoms with Crippen LogP contribution in [0.4, 0.5) is 14.9 Å². The average Bonchev–Trinajstić information content (AvgIpc) is 2.93. The van der Waals surface area contributed by atoms with Gasteiger partial charge >= 0.3 is 6.09 Å². The number of carbonyl (C=O) groups excluding carboxylic acids is 1. The normalized spacial score (nSPS) is 11.5. The van der Waals surface area contributed by atoms with Crippen molar-refractivity contribution >= 4 is 22.7 Å². The van der Waals surface area contributed by atoms with Gasteiger partial charge in [-0.05, 0) is 32.9 Å². The molecule has 0 saturated carbocycles. The Balaban J connectivity index is 2.02. The van der Waals surface area contributed by atoms with Crippen molar-refractivity contribution in [2.75, 3.05) is 5.32 Å². The molecule has 0 fully saturated rings. The molecule has 0 aliphatic carbocycles. The summed E-state index contributed by atoms with van der Waals surface area (Å²) in [6.07, 6.45) is -0.758. The third-order valence-corrected chi connectivity index (χ3v) is 3.26. The number of benzene rings is 2. The van der Waals surface area contributed by atoms with Gasteiger partial charge in [-0.15, -0.1) is 0 Å². The molecule has 1 heterocycles. The number of hydrogen-bond acceptors (Lipinski definition) is 4. The Morgan fingerprint density at radius 1 is 1.17 bits per heavy atom. The van der Waals surface area contributed by atoms with Crippen molar-refractivity contribution < 1.29 is 18.4 Å². The first-order valence-corrected chi connectivity index (χ1v) is 7.48. The van der Waals surface area contributed by atoms with Crippen molar-refractivity contribution in [1.29, 1.82) is 0 Å². The Morgan fingerprint density at radius 3 is 2.54 bits per heavy atom. The number of halogens is 1. The van der Waals surface area contributed by atoms with Crippen LogP contribution < -0.4 is 5.32 Å². The predicted octanol–water partition coefficient (Wildman–Crippen LogP) is 4.98. The molecule has 0 aliphatic rings. The summed E-state index contributed by atoms with van der Waals surface area (Å²) in [5.41, 5.74) is 0.811. The third-order valence-electron chi connectivity index (χ3n) is 3.26. The maximum atomic E-state index is 14.2. The number of aromatic nitrogens is 1. The van der Waals surface area contributed by atoms with E-state index in [0.29, 0.717) is 11.1 Å². The van der Waals surface area contributed by atoms with Crippen molar-refractivity contribution in [3.63, 3.8) is 0 Å². The molecule has 0 atom stereocenters. The Morgan fingerprint density at radius 2 is 1.88 bits per heavy atom. The van der Waals surface area contributed by atoms with Crippen molar-refractivity contribution in [1.82, 2.24) is 5.16 Å². The van der Waals surface area contributed by atoms with Crippen molar-refractivity contribution in [2.24, 2.45) is 0 Å². The van der Waals surface area contributed by atoms with Crippen LogP contribution >= 0.6 is 0 Å². The smallest absolute Gasteiger partial charge is 0.412 e. The molecule has 0 spiro atoms. The van der Waals surface area contributed by atoms with Gasteiger partial charge in [-0.1, -0.05) is 35.5 Å². The molecule has 1 N–H and O–H groups in total. The van der Waals surface area contributed by atoms with E-state index >= 15 is 0 Å². The van der Waals surface area contributed by atoms with Gasteiger partial charge in [0, 0.05) is 5.56 Å². The molecule has 0 aliphatic heterocycles. The minimum absolute atomic E-state index is 0.0866. The van der Waals surface area contributed by atoms with Gasteiger partial charge in [0.05, 0.1) is 5.39 Å². The maximum absolute atomic E-state index is 14.2. The summed E-state index contributed by atoms with van der Waals surface area (Å²) in [5, 5.41) is 7.03. The summed E-state index contributed by atoms with van der Waals surface area (Å²) in [5.74, 6) is -0.621. The number of hydrogen-bond donors (Lipinski definition) is 1. The minimum Gasteiger partial charge on any atom is -0.444 e. The van der Waals surface area contributed by atoms with E-state index in [4.69, 9.17) is 9.26 Å². The van der Waals surface area contributed by atoms with E-state index in [1.165, 1.54) is 6.07 Å². The zero-order valence-electron chi connectivity index (χ0n) is 13.6. The first-order chi connectivity index (χ1) is 11.3. The van der Waals surface area contributed by atoms with Crippen LogP contribution in [0.1, 0.15) is 20.8 Å². The Kier molecular flexibility index (Phi) is 3.97. The number of ether oxygens (including phenoxy) is 1. The molecular formula is C18H17FN2O3. The van der Waals surface area contributed by atoms with Gasteiger partial charge in [0.1, 0.15) is 17.0 Å². The molecule has 0 radical (unpaired) electrons. The van der Waals surface area contributed by atoms with Gasteiger partial charge in [-0.25, -0.2) is 9.18 Å². The van der Waals surface area contributed by atoms with Crippen LogP contribution in [-0.4, -0.2) is 16.9 Å². The molecular weight excluding hydrogens is 311 g/mol. The molecule has 124 valence electrons. The second kappa shape index (κ2) is 5.96. The molecule has 0 unspecified atom stereocenters. The number of nitrogens with zero attached hydrogens (tertiary/aromatic N) is 1. The first kappa shape index (κ1) is 16.0. The highest BCUT2D eigenvalue weighted by atomic mass is 19.1. The zero-order valence-corrected chi connectivity index (χ0v) is 13.6. The summed E-state index contributed by atoms with van der Waals surface area (Å²) in [7, 11) is 0. The quantitative estimate of drug-likeness (QED) is 0.720. The number of nitrogens with one attached hydrogen (secondary N) is 1. The standard InChI is InChI=1S/C18H17FN2O3/c1-18(2,3)23-17(22)20-15-13(19)10-9-12-14(21-24-16(12)15)11-7-5-4-6-8-11/h4-10H,1-3H3,(H,20,22). The summed E-state index contributed by atoms with van der Waals surface area (Å²) >= 11 is 0. The minimum atomic E-state index is -0.758. The number of fused-ring (bicyclic) bond motifs is 1. The lowest BCUT2D eigenvalue weighted by atomic mass is 10.1. The van der Waals surface area contributed by atoms with Crippen molar-refractivity contribution in [3.05, 3.63) is 48.3 Å². The third kappa shape index (κ3) is 3.22. The van der Waals surface area contributed by atoms with Gasteiger partial charge < -0.3 is 9.26 Å². The largest absolute Gasteiger partial charge is 0.444 e. The molecule has 3 rings (SSSR count). The fourth-order valence-corrected chi connectivity index (χ4v) is 2.31. The van der Waals surface area contributed by atoms with Gasteiger partial charge in [-0.3, -0.25) is 5.32 Å². The van der Waals surface area contributed by atoms with Crippen LogP contribution in [0.25, 0.3) is 22.2 Å². The topological polar surface area (TPSA) is 64.4 Å². The van der Waals surface area contributed by atoms with Gasteiger partial charge in [0.15, 0.2) is 11.4 Å². The van der Waals surface area contributed by atoms with Gasteiger partial charge in [0.2, 0.25) is 0 Å². The van der Waals surface area contributed by atoms with E-state index in [1.54, 1.807) is 26.8 Å². The van der Waals surface area contributed by atoms with Crippen LogP contribution in [-0.2, 0) is 4.74 Å². The molecule has 5 nitrogen and oxygen atoms in total. The Hall–Kier alpha value is -2.89. The molecule has 1 aromatic heterocycles. The number of anilines is 1. The van der Waals surface area contributed by atoms with E-state index < -0.39 is 17.5 Å². The zero-order chi connectivity index (χ0) is 17.3. The summed E-state index contributed by atoms with van der Waals surface area (Å²) < 4.78 is 24.6. The van der Waals surface area contributed by atoms with Crippen molar-refractivity contribution in [2.45, 2.75) is 26.4 Å². The van der Waals surface area contributed by atoms with E-state index in [2.05, 4.69) is 10.5 Å². The van der Waals surface area contributed by atoms with E-state index in [-0.39, 0.29) is 11.3 Å². The Labute approximate surface area is 138 Å². The molecule has 24 heavy (non-hydrogen) atoms. The van der Waals surface area contributed by atoms with E-state index in [0.717, 1.165) is 5.56 Å². The number of amides is 1. The second-order valence-electron chi connectivity index (χ2n) is 6.32. The van der Waals surface area contributed by atoms with Crippen LogP contribution in [0.5, 0.6) is 0 Å². The van der Waals surface area contributed by atoms with Gasteiger partial charge in [0.25, 0.3) is 0 Å². The highest BCUT2D eigenvalue weighted by Crippen LogP contribution is 2.34. The lowest BCUT2D eigenvalue weighted by molar-refractivity contribution is 0.0635. The molecule has 1 amide bonds. The predicted molar refractivity (Wildman–Crippen MR) is 89.3 cm³/mol. The van der Waals surface area contributed by atoms with Crippen LogP contribution in [0, 0.1) is 5.82 Å².